The number of fused-ring (bicyclic) bond motifs is 5. The predicted molar refractivity (Wildman–Crippen MR) is 126 cm³/mol. The molecule has 0 heterocycles. The summed E-state index contributed by atoms with van der Waals surface area (Å²) in [7, 11) is 0. The van der Waals surface area contributed by atoms with Crippen LogP contribution in [0, 0.1) is 5.92 Å². The van der Waals surface area contributed by atoms with E-state index in [1.807, 2.05) is 0 Å². The second-order valence-electron chi connectivity index (χ2n) is 8.25. The summed E-state index contributed by atoms with van der Waals surface area (Å²) in [5.41, 5.74) is 2.72. The van der Waals surface area contributed by atoms with E-state index in [1.54, 1.807) is 0 Å². The van der Waals surface area contributed by atoms with Crippen LogP contribution >= 0.6 is 0 Å². The Morgan fingerprint density at radius 1 is 0.655 bits per heavy atom. The molecule has 29 heavy (non-hydrogen) atoms. The molecule has 0 aromatic heterocycles. The van der Waals surface area contributed by atoms with Crippen LogP contribution in [0.1, 0.15) is 13.3 Å². The fraction of sp³-hybridized carbons (Fsp3) is 0.103. The molecule has 0 saturated carbocycles. The van der Waals surface area contributed by atoms with Crippen molar-refractivity contribution in [2.24, 2.45) is 5.92 Å². The molecule has 0 nitrogen and oxygen atoms in total. The van der Waals surface area contributed by atoms with E-state index in [4.69, 9.17) is 0 Å². The van der Waals surface area contributed by atoms with Gasteiger partial charge in [0.15, 0.2) is 0 Å². The molecule has 1 aliphatic rings. The highest BCUT2D eigenvalue weighted by Crippen LogP contribution is 2.36. The van der Waals surface area contributed by atoms with Crippen LogP contribution in [0.2, 0.25) is 0 Å². The van der Waals surface area contributed by atoms with Crippen molar-refractivity contribution >= 4 is 44.5 Å². The summed E-state index contributed by atoms with van der Waals surface area (Å²) in [6.07, 6.45) is 6.00. The van der Waals surface area contributed by atoms with Crippen molar-refractivity contribution in [1.29, 1.82) is 0 Å². The van der Waals surface area contributed by atoms with E-state index in [-0.39, 0.29) is 0 Å². The Balaban J connectivity index is 1.89. The van der Waals surface area contributed by atoms with E-state index < -0.39 is 0 Å². The van der Waals surface area contributed by atoms with Gasteiger partial charge in [-0.2, -0.15) is 0 Å². The van der Waals surface area contributed by atoms with E-state index in [2.05, 4.69) is 104 Å². The highest BCUT2D eigenvalue weighted by Gasteiger charge is 2.15. The molecule has 0 amide bonds. The zero-order valence-corrected chi connectivity index (χ0v) is 16.5. The first-order chi connectivity index (χ1) is 14.3. The van der Waals surface area contributed by atoms with Crippen molar-refractivity contribution in [3.8, 4) is 11.1 Å². The number of rotatable bonds is 1. The maximum absolute atomic E-state index is 2.47. The Bertz CT molecular complexity index is 1540. The first-order valence-electron chi connectivity index (χ1n) is 10.4. The molecular formula is C29H22. The molecule has 1 unspecified atom stereocenters. The summed E-state index contributed by atoms with van der Waals surface area (Å²) in [5.74, 6) is 0.564. The number of hydrogen-bond acceptors (Lipinski definition) is 0. The van der Waals surface area contributed by atoms with Gasteiger partial charge in [0.05, 0.1) is 0 Å². The predicted octanol–water partition coefficient (Wildman–Crippen LogP) is 6.41. The molecule has 5 aromatic carbocycles. The van der Waals surface area contributed by atoms with Gasteiger partial charge in [0.2, 0.25) is 0 Å². The van der Waals surface area contributed by atoms with Crippen molar-refractivity contribution in [3.63, 3.8) is 0 Å². The van der Waals surface area contributed by atoms with E-state index in [0.29, 0.717) is 5.92 Å². The van der Waals surface area contributed by atoms with Gasteiger partial charge in [-0.15, -0.1) is 0 Å². The van der Waals surface area contributed by atoms with Crippen LogP contribution < -0.4 is 10.4 Å². The van der Waals surface area contributed by atoms with Gasteiger partial charge >= 0.3 is 0 Å². The molecule has 0 heteroatoms. The molecule has 1 aliphatic carbocycles. The topological polar surface area (TPSA) is 0 Å². The fourth-order valence-corrected chi connectivity index (χ4v) is 4.95. The average Bonchev–Trinajstić information content (AvgIpc) is 2.77. The quantitative estimate of drug-likeness (QED) is 0.299. The number of hydrogen-bond donors (Lipinski definition) is 0. The van der Waals surface area contributed by atoms with E-state index >= 15 is 0 Å². The Hall–Kier alpha value is -3.38. The molecule has 0 spiro atoms. The van der Waals surface area contributed by atoms with Crippen LogP contribution in [-0.4, -0.2) is 0 Å². The minimum absolute atomic E-state index is 0.564. The van der Waals surface area contributed by atoms with Crippen LogP contribution in [0.5, 0.6) is 0 Å². The molecule has 6 rings (SSSR count). The molecule has 138 valence electrons. The van der Waals surface area contributed by atoms with Gasteiger partial charge in [0.1, 0.15) is 0 Å². The monoisotopic (exact) mass is 370 g/mol. The van der Waals surface area contributed by atoms with Crippen molar-refractivity contribution in [2.45, 2.75) is 13.3 Å². The third-order valence-corrected chi connectivity index (χ3v) is 6.32. The largest absolute Gasteiger partial charge is 0.0761 e. The van der Waals surface area contributed by atoms with Crippen molar-refractivity contribution in [2.75, 3.05) is 0 Å². The third kappa shape index (κ3) is 2.53. The van der Waals surface area contributed by atoms with Gasteiger partial charge in [0, 0.05) is 0 Å². The van der Waals surface area contributed by atoms with Crippen LogP contribution in [0.3, 0.4) is 0 Å². The summed E-state index contributed by atoms with van der Waals surface area (Å²) in [6, 6.07) is 31.2. The standard InChI is InChI=1S/C29H22/c1-19-14-15-22-17-20-8-3-5-11-24(20)29(27(22)16-19)28-18-21-9-2-4-10-23(21)25-12-6-7-13-26(25)28/h2-13,15-19H,14H2,1H3. The fourth-order valence-electron chi connectivity index (χ4n) is 4.95. The summed E-state index contributed by atoms with van der Waals surface area (Å²) < 4.78 is 0. The summed E-state index contributed by atoms with van der Waals surface area (Å²) in [5, 5.41) is 10.7. The van der Waals surface area contributed by atoms with Crippen molar-refractivity contribution in [3.05, 3.63) is 95.4 Å². The highest BCUT2D eigenvalue weighted by atomic mass is 14.2. The first-order valence-corrected chi connectivity index (χ1v) is 10.4. The molecule has 0 fully saturated rings. The summed E-state index contributed by atoms with van der Waals surface area (Å²) in [4.78, 5) is 0. The molecular weight excluding hydrogens is 348 g/mol. The molecule has 0 bridgehead atoms. The van der Waals surface area contributed by atoms with Crippen LogP contribution in [0.4, 0.5) is 0 Å². The van der Waals surface area contributed by atoms with E-state index in [9.17, 15) is 0 Å². The van der Waals surface area contributed by atoms with E-state index in [0.717, 1.165) is 6.42 Å². The van der Waals surface area contributed by atoms with Crippen molar-refractivity contribution in [1.82, 2.24) is 0 Å². The Kier molecular flexibility index (Phi) is 3.61. The Morgan fingerprint density at radius 3 is 2.07 bits per heavy atom. The van der Waals surface area contributed by atoms with Gasteiger partial charge in [-0.1, -0.05) is 91.9 Å². The third-order valence-electron chi connectivity index (χ3n) is 6.32. The van der Waals surface area contributed by atoms with Gasteiger partial charge < -0.3 is 0 Å². The lowest BCUT2D eigenvalue weighted by atomic mass is 9.86. The summed E-state index contributed by atoms with van der Waals surface area (Å²) >= 11 is 0. The smallest absolute Gasteiger partial charge is 0.00236 e. The van der Waals surface area contributed by atoms with Gasteiger partial charge in [0.25, 0.3) is 0 Å². The lowest BCUT2D eigenvalue weighted by Crippen LogP contribution is -2.30. The molecule has 0 saturated heterocycles. The molecule has 0 N–H and O–H groups in total. The Labute approximate surface area is 170 Å². The minimum Gasteiger partial charge on any atom is -0.0761 e. The molecule has 0 aliphatic heterocycles. The minimum atomic E-state index is 0.564. The molecule has 1 atom stereocenters. The highest BCUT2D eigenvalue weighted by molar-refractivity contribution is 6.16. The van der Waals surface area contributed by atoms with Gasteiger partial charge in [-0.3, -0.25) is 0 Å². The second-order valence-corrected chi connectivity index (χ2v) is 8.25. The Morgan fingerprint density at radius 2 is 1.28 bits per heavy atom. The van der Waals surface area contributed by atoms with Gasteiger partial charge in [-0.05, 0) is 78.4 Å². The van der Waals surface area contributed by atoms with E-state index in [1.165, 1.54) is 53.9 Å². The maximum Gasteiger partial charge on any atom is -0.00236 e. The first kappa shape index (κ1) is 16.6. The number of benzene rings is 5. The lowest BCUT2D eigenvalue weighted by Gasteiger charge is -2.17. The molecule has 0 radical (unpaired) electrons. The second kappa shape index (κ2) is 6.32. The normalized spacial score (nSPS) is 15.8. The van der Waals surface area contributed by atoms with Crippen LogP contribution in [0.25, 0.3) is 55.6 Å². The zero-order chi connectivity index (χ0) is 19.4. The van der Waals surface area contributed by atoms with Gasteiger partial charge in [-0.25, -0.2) is 0 Å². The average molecular weight is 370 g/mol. The lowest BCUT2D eigenvalue weighted by molar-refractivity contribution is 0.801. The maximum atomic E-state index is 2.47. The zero-order valence-electron chi connectivity index (χ0n) is 16.5. The molecule has 5 aromatic rings. The van der Waals surface area contributed by atoms with Crippen LogP contribution in [-0.2, 0) is 0 Å². The van der Waals surface area contributed by atoms with Crippen molar-refractivity contribution < 1.29 is 0 Å². The SMILES string of the molecule is CC1C=c2c(-c3cc4ccccc4c4ccccc34)c3ccccc3cc2=CC1. The summed E-state index contributed by atoms with van der Waals surface area (Å²) in [6.45, 7) is 2.32. The van der Waals surface area contributed by atoms with Crippen LogP contribution in [0.15, 0.2) is 84.9 Å².